The Hall–Kier alpha value is -1.78. The van der Waals surface area contributed by atoms with Crippen molar-refractivity contribution in [3.63, 3.8) is 0 Å². The zero-order valence-corrected chi connectivity index (χ0v) is 20.5. The number of ether oxygens (including phenoxy) is 2. The molecule has 1 saturated heterocycles. The van der Waals surface area contributed by atoms with Gasteiger partial charge in [0.1, 0.15) is 5.57 Å². The summed E-state index contributed by atoms with van der Waals surface area (Å²) >= 11 is 0. The van der Waals surface area contributed by atoms with Crippen molar-refractivity contribution in [2.45, 2.75) is 112 Å². The average Bonchev–Trinajstić information content (AvgIpc) is 2.83. The SMILES string of the molecule is C=C(C(=O)OC1(C(F)(F)F)OC(C2CCCCC2)(C(F)(F)F)C(F)(F)C(O)(C2CCCCC2)C1(F)F)C(F)(F)F. The number of hydrogen-bond acceptors (Lipinski definition) is 4. The quantitative estimate of drug-likeness (QED) is 0.204. The van der Waals surface area contributed by atoms with Crippen molar-refractivity contribution < 1.29 is 76.5 Å². The van der Waals surface area contributed by atoms with Gasteiger partial charge in [0.15, 0.2) is 0 Å². The summed E-state index contributed by atoms with van der Waals surface area (Å²) in [6, 6.07) is 0. The number of carbonyl (C=O) groups excluding carboxylic acids is 1. The smallest absolute Gasteiger partial charge is 0.414 e. The van der Waals surface area contributed by atoms with Crippen molar-refractivity contribution in [2.24, 2.45) is 11.8 Å². The molecule has 3 rings (SSSR count). The molecule has 1 N–H and O–H groups in total. The van der Waals surface area contributed by atoms with E-state index in [1.165, 1.54) is 0 Å². The molecule has 1 aliphatic heterocycles. The molecule has 0 amide bonds. The van der Waals surface area contributed by atoms with Crippen molar-refractivity contribution in [1.82, 2.24) is 0 Å². The Balaban J connectivity index is 2.46. The van der Waals surface area contributed by atoms with Gasteiger partial charge >= 0.3 is 42.1 Å². The van der Waals surface area contributed by atoms with Crippen LogP contribution in [0.3, 0.4) is 0 Å². The molecule has 2 aliphatic carbocycles. The molecule has 3 unspecified atom stereocenters. The Labute approximate surface area is 218 Å². The molecule has 40 heavy (non-hydrogen) atoms. The van der Waals surface area contributed by atoms with Crippen LogP contribution in [-0.2, 0) is 14.3 Å². The van der Waals surface area contributed by atoms with E-state index < -0.39 is 96.4 Å². The molecular weight excluding hydrogens is 587 g/mol. The Bertz CT molecular complexity index is 977. The first-order chi connectivity index (χ1) is 18.0. The standard InChI is InChI=1S/C23H25F13O4/c1-12(18(24,25)26)15(37)39-21(23(34,35)36)20(29,30)16(38,13-8-4-2-5-9-13)19(27,28)17(40-21,22(31,32)33)14-10-6-3-7-11-14/h13-14,38H,1-11H2. The molecule has 3 aliphatic rings. The zero-order valence-electron chi connectivity index (χ0n) is 20.5. The second-order valence-electron chi connectivity index (χ2n) is 10.4. The van der Waals surface area contributed by atoms with Gasteiger partial charge in [-0.2, -0.15) is 57.1 Å². The van der Waals surface area contributed by atoms with Gasteiger partial charge in [-0.05, 0) is 25.7 Å². The van der Waals surface area contributed by atoms with Crippen LogP contribution in [0.25, 0.3) is 0 Å². The largest absolute Gasteiger partial charge is 0.462 e. The molecule has 0 aromatic carbocycles. The topological polar surface area (TPSA) is 55.8 Å². The predicted molar refractivity (Wildman–Crippen MR) is 108 cm³/mol. The molecule has 2 saturated carbocycles. The summed E-state index contributed by atoms with van der Waals surface area (Å²) < 4.78 is 199. The Morgan fingerprint density at radius 3 is 1.52 bits per heavy atom. The lowest BCUT2D eigenvalue weighted by Gasteiger charge is -2.64. The van der Waals surface area contributed by atoms with Crippen LogP contribution in [0.1, 0.15) is 64.2 Å². The number of alkyl halides is 13. The maximum absolute atomic E-state index is 16.3. The van der Waals surface area contributed by atoms with Crippen LogP contribution in [0.4, 0.5) is 57.1 Å². The Morgan fingerprint density at radius 1 is 0.725 bits per heavy atom. The summed E-state index contributed by atoms with van der Waals surface area (Å²) in [5.74, 6) is -28.0. The average molecular weight is 612 g/mol. The van der Waals surface area contributed by atoms with E-state index in [4.69, 9.17) is 0 Å². The highest BCUT2D eigenvalue weighted by Crippen LogP contribution is 2.71. The molecule has 3 fully saturated rings. The van der Waals surface area contributed by atoms with Crippen molar-refractivity contribution in [3.05, 3.63) is 12.2 Å². The summed E-state index contributed by atoms with van der Waals surface area (Å²) in [6.07, 6.45) is -24.1. The second kappa shape index (κ2) is 9.90. The van der Waals surface area contributed by atoms with E-state index in [1.54, 1.807) is 0 Å². The van der Waals surface area contributed by atoms with E-state index in [0.717, 1.165) is 0 Å². The predicted octanol–water partition coefficient (Wildman–Crippen LogP) is 7.40. The van der Waals surface area contributed by atoms with Gasteiger partial charge in [0.2, 0.25) is 11.2 Å². The number of hydrogen-bond donors (Lipinski definition) is 1. The fourth-order valence-electron chi connectivity index (χ4n) is 6.12. The molecule has 17 heteroatoms. The van der Waals surface area contributed by atoms with E-state index in [1.807, 2.05) is 0 Å². The maximum Gasteiger partial charge on any atom is 0.462 e. The van der Waals surface area contributed by atoms with Crippen LogP contribution in [-0.4, -0.2) is 58.4 Å². The van der Waals surface area contributed by atoms with Gasteiger partial charge in [-0.25, -0.2) is 4.79 Å². The molecule has 4 nitrogen and oxygen atoms in total. The molecular formula is C23H25F13O4. The fourth-order valence-corrected chi connectivity index (χ4v) is 6.12. The van der Waals surface area contributed by atoms with Crippen molar-refractivity contribution >= 4 is 5.97 Å². The third-order valence-corrected chi connectivity index (χ3v) is 8.14. The molecule has 0 aromatic rings. The monoisotopic (exact) mass is 612 g/mol. The van der Waals surface area contributed by atoms with Gasteiger partial charge in [0, 0.05) is 11.8 Å². The molecule has 0 radical (unpaired) electrons. The van der Waals surface area contributed by atoms with E-state index in [2.05, 4.69) is 16.1 Å². The van der Waals surface area contributed by atoms with Crippen LogP contribution in [0, 0.1) is 11.8 Å². The van der Waals surface area contributed by atoms with Gasteiger partial charge in [0.25, 0.3) is 0 Å². The highest BCUT2D eigenvalue weighted by atomic mass is 19.4. The summed E-state index contributed by atoms with van der Waals surface area (Å²) in [6.45, 7) is 2.08. The first-order valence-corrected chi connectivity index (χ1v) is 12.3. The molecule has 0 spiro atoms. The van der Waals surface area contributed by atoms with Crippen LogP contribution >= 0.6 is 0 Å². The maximum atomic E-state index is 16.3. The number of esters is 1. The zero-order chi connectivity index (χ0) is 30.8. The fraction of sp³-hybridized carbons (Fsp3) is 0.870. The highest BCUT2D eigenvalue weighted by Gasteiger charge is 2.98. The van der Waals surface area contributed by atoms with Crippen LogP contribution in [0.15, 0.2) is 12.2 Å². The van der Waals surface area contributed by atoms with Crippen LogP contribution < -0.4 is 0 Å². The van der Waals surface area contributed by atoms with E-state index in [-0.39, 0.29) is 38.5 Å². The Morgan fingerprint density at radius 2 is 1.15 bits per heavy atom. The first-order valence-electron chi connectivity index (χ1n) is 12.3. The van der Waals surface area contributed by atoms with Gasteiger partial charge in [0.05, 0.1) is 0 Å². The van der Waals surface area contributed by atoms with E-state index in [9.17, 15) is 49.4 Å². The minimum absolute atomic E-state index is 0.129. The lowest BCUT2D eigenvalue weighted by molar-refractivity contribution is -0.569. The van der Waals surface area contributed by atoms with Crippen molar-refractivity contribution in [1.29, 1.82) is 0 Å². The van der Waals surface area contributed by atoms with E-state index in [0.29, 0.717) is 0 Å². The van der Waals surface area contributed by atoms with E-state index >= 15 is 17.6 Å². The minimum Gasteiger partial charge on any atom is -0.414 e. The molecule has 0 bridgehead atoms. The lowest BCUT2D eigenvalue weighted by Crippen LogP contribution is -2.90. The minimum atomic E-state index is -7.08. The molecule has 1 heterocycles. The van der Waals surface area contributed by atoms with Crippen LogP contribution in [0.2, 0.25) is 0 Å². The molecule has 3 atom stereocenters. The van der Waals surface area contributed by atoms with Crippen molar-refractivity contribution in [3.8, 4) is 0 Å². The van der Waals surface area contributed by atoms with Crippen LogP contribution in [0.5, 0.6) is 0 Å². The third kappa shape index (κ3) is 4.39. The van der Waals surface area contributed by atoms with Gasteiger partial charge in [-0.3, -0.25) is 0 Å². The number of carbonyl (C=O) groups is 1. The summed E-state index contributed by atoms with van der Waals surface area (Å²) in [5, 5.41) is 11.1. The highest BCUT2D eigenvalue weighted by molar-refractivity contribution is 5.89. The molecule has 0 aromatic heterocycles. The second-order valence-corrected chi connectivity index (χ2v) is 10.4. The number of rotatable bonds is 4. The Kier molecular flexibility index (Phi) is 8.10. The number of halogens is 13. The molecule has 232 valence electrons. The third-order valence-electron chi connectivity index (χ3n) is 8.14. The number of aliphatic hydroxyl groups is 1. The van der Waals surface area contributed by atoms with Gasteiger partial charge < -0.3 is 14.6 Å². The first kappa shape index (κ1) is 32.7. The normalized spacial score (nSPS) is 34.4. The summed E-state index contributed by atoms with van der Waals surface area (Å²) in [5.41, 5.74) is -14.0. The summed E-state index contributed by atoms with van der Waals surface area (Å²) in [7, 11) is 0. The summed E-state index contributed by atoms with van der Waals surface area (Å²) in [4.78, 5) is 12.1. The van der Waals surface area contributed by atoms with Crippen molar-refractivity contribution in [2.75, 3.05) is 0 Å². The lowest BCUT2D eigenvalue weighted by atomic mass is 9.58. The van der Waals surface area contributed by atoms with Gasteiger partial charge in [-0.1, -0.05) is 45.1 Å². The van der Waals surface area contributed by atoms with Gasteiger partial charge in [-0.15, -0.1) is 0 Å².